The first-order valence-electron chi connectivity index (χ1n) is 11.9. The molecule has 0 atom stereocenters. The molecule has 5 rings (SSSR count). The molecule has 1 saturated carbocycles. The van der Waals surface area contributed by atoms with Gasteiger partial charge in [-0.15, -0.1) is 0 Å². The third kappa shape index (κ3) is 5.36. The molecule has 0 radical (unpaired) electrons. The van der Waals surface area contributed by atoms with E-state index in [0.717, 1.165) is 24.0 Å². The number of benzene rings is 2. The van der Waals surface area contributed by atoms with Crippen molar-refractivity contribution in [2.24, 2.45) is 0 Å². The molecule has 196 valence electrons. The lowest BCUT2D eigenvalue weighted by atomic mass is 9.92. The molecule has 2 aromatic carbocycles. The molecule has 0 N–H and O–H groups in total. The molecule has 1 fully saturated rings. The summed E-state index contributed by atoms with van der Waals surface area (Å²) in [4.78, 5) is 21.4. The van der Waals surface area contributed by atoms with Gasteiger partial charge in [0, 0.05) is 45.2 Å². The molecule has 7 nitrogen and oxygen atoms in total. The van der Waals surface area contributed by atoms with Gasteiger partial charge in [0.15, 0.2) is 20.7 Å². The van der Waals surface area contributed by atoms with Gasteiger partial charge >= 0.3 is 0 Å². The molecular weight excluding hydrogens is 569 g/mol. The van der Waals surface area contributed by atoms with Crippen LogP contribution in [0.4, 0.5) is 0 Å². The molecule has 0 saturated heterocycles. The zero-order chi connectivity index (χ0) is 27.1. The Bertz CT molecular complexity index is 1590. The molecule has 0 amide bonds. The van der Waals surface area contributed by atoms with Gasteiger partial charge in [0.05, 0.1) is 11.2 Å². The van der Waals surface area contributed by atoms with E-state index in [1.165, 1.54) is 12.3 Å². The Morgan fingerprint density at radius 2 is 1.63 bits per heavy atom. The van der Waals surface area contributed by atoms with Gasteiger partial charge in [-0.2, -0.15) is 4.98 Å². The number of pyridine rings is 1. The van der Waals surface area contributed by atoms with Crippen LogP contribution in [0.1, 0.15) is 42.3 Å². The quantitative estimate of drug-likeness (QED) is 0.225. The first-order chi connectivity index (χ1) is 18.1. The highest BCUT2D eigenvalue weighted by Gasteiger charge is 2.52. The van der Waals surface area contributed by atoms with Crippen molar-refractivity contribution in [1.29, 1.82) is 0 Å². The van der Waals surface area contributed by atoms with Crippen molar-refractivity contribution in [3.8, 4) is 11.5 Å². The number of halogens is 3. The molecule has 1 aliphatic rings. The van der Waals surface area contributed by atoms with Crippen molar-refractivity contribution < 1.29 is 17.7 Å². The summed E-state index contributed by atoms with van der Waals surface area (Å²) in [6.07, 6.45) is 3.17. The van der Waals surface area contributed by atoms with E-state index in [1.807, 2.05) is 12.1 Å². The van der Waals surface area contributed by atoms with E-state index in [2.05, 4.69) is 15.1 Å². The van der Waals surface area contributed by atoms with Crippen LogP contribution in [0.2, 0.25) is 15.1 Å². The highest BCUT2D eigenvalue weighted by atomic mass is 35.5. The van der Waals surface area contributed by atoms with Crippen molar-refractivity contribution >= 4 is 50.4 Å². The van der Waals surface area contributed by atoms with E-state index in [0.29, 0.717) is 37.9 Å². The normalized spacial score (nSPS) is 14.4. The fourth-order valence-corrected chi connectivity index (χ4v) is 6.19. The Labute approximate surface area is 235 Å². The second kappa shape index (κ2) is 10.4. The number of carbonyl (C=O) groups is 1. The van der Waals surface area contributed by atoms with Gasteiger partial charge in [0.2, 0.25) is 0 Å². The Morgan fingerprint density at radius 1 is 0.974 bits per heavy atom. The van der Waals surface area contributed by atoms with Crippen molar-refractivity contribution in [1.82, 2.24) is 15.1 Å². The first kappa shape index (κ1) is 26.8. The van der Waals surface area contributed by atoms with Gasteiger partial charge in [-0.1, -0.05) is 52.9 Å². The predicted molar refractivity (Wildman–Crippen MR) is 146 cm³/mol. The largest absolute Gasteiger partial charge is 0.334 e. The summed E-state index contributed by atoms with van der Waals surface area (Å²) >= 11 is 19.4. The minimum atomic E-state index is -3.39. The summed E-state index contributed by atoms with van der Waals surface area (Å²) in [5, 5.41) is 5.70. The molecule has 4 aromatic rings. The number of sulfone groups is 1. The van der Waals surface area contributed by atoms with Gasteiger partial charge in [-0.3, -0.25) is 4.79 Å². The predicted octanol–water partition coefficient (Wildman–Crippen LogP) is 6.32. The third-order valence-electron chi connectivity index (χ3n) is 6.57. The van der Waals surface area contributed by atoms with E-state index in [1.54, 1.807) is 37.3 Å². The molecule has 38 heavy (non-hydrogen) atoms. The minimum absolute atomic E-state index is 0.00115. The number of hydrogen-bond acceptors (Lipinski definition) is 7. The molecule has 2 aromatic heterocycles. The Balaban J connectivity index is 1.32. The van der Waals surface area contributed by atoms with Crippen LogP contribution in [0.15, 0.2) is 64.3 Å². The van der Waals surface area contributed by atoms with Crippen LogP contribution in [-0.2, 0) is 32.9 Å². The van der Waals surface area contributed by atoms with Gasteiger partial charge in [0.1, 0.15) is 5.78 Å². The number of ketones is 1. The number of Topliss-reactive ketones (excluding diaryl/α,β-unsaturated/α-hetero) is 1. The average molecular weight is 591 g/mol. The molecule has 0 aliphatic heterocycles. The monoisotopic (exact) mass is 589 g/mol. The van der Waals surface area contributed by atoms with Crippen LogP contribution in [0.3, 0.4) is 0 Å². The Hall–Kier alpha value is -2.78. The molecule has 2 heterocycles. The molecule has 1 aliphatic carbocycles. The number of nitrogens with zero attached hydrogens (tertiary/aromatic N) is 3. The van der Waals surface area contributed by atoms with E-state index in [-0.39, 0.29) is 29.4 Å². The van der Waals surface area contributed by atoms with Gasteiger partial charge < -0.3 is 4.52 Å². The average Bonchev–Trinajstić information content (AvgIpc) is 3.51. The van der Waals surface area contributed by atoms with Crippen LogP contribution in [-0.4, -0.2) is 35.1 Å². The zero-order valence-electron chi connectivity index (χ0n) is 20.2. The topological polar surface area (TPSA) is 103 Å². The summed E-state index contributed by atoms with van der Waals surface area (Å²) in [6, 6.07) is 13.6. The van der Waals surface area contributed by atoms with E-state index in [9.17, 15) is 13.2 Å². The smallest absolute Gasteiger partial charge is 0.257 e. The summed E-state index contributed by atoms with van der Waals surface area (Å²) in [7, 11) is -3.39. The lowest BCUT2D eigenvalue weighted by Gasteiger charge is -2.16. The highest BCUT2D eigenvalue weighted by molar-refractivity contribution is 7.91. The van der Waals surface area contributed by atoms with Crippen molar-refractivity contribution in [2.45, 2.75) is 43.0 Å². The van der Waals surface area contributed by atoms with Crippen molar-refractivity contribution in [3.63, 3.8) is 0 Å². The highest BCUT2D eigenvalue weighted by Crippen LogP contribution is 2.56. The maximum atomic E-state index is 12.7. The SMILES string of the molecule is CCS(=O)(=O)c1ccc(CC(=O)Cc2cc(Cl)c(C3(c4noc(-c5ccc(Cl)cc5)n4)CC3)c(Cl)c2)cn1. The fourth-order valence-electron chi connectivity index (χ4n) is 4.39. The maximum absolute atomic E-state index is 12.7. The Morgan fingerprint density at radius 3 is 2.21 bits per heavy atom. The van der Waals surface area contributed by atoms with Gasteiger partial charge in [-0.05, 0) is 66.4 Å². The first-order valence-corrected chi connectivity index (χ1v) is 14.7. The molecule has 0 bridgehead atoms. The Kier molecular flexibility index (Phi) is 7.35. The number of carbonyl (C=O) groups excluding carboxylic acids is 1. The summed E-state index contributed by atoms with van der Waals surface area (Å²) in [6.45, 7) is 1.56. The standard InChI is InChI=1S/C27H22Cl3N3O4S/c1-2-38(35,36)23-8-3-16(15-31-23)11-20(34)12-17-13-21(29)24(22(30)14-17)27(9-10-27)26-32-25(37-33-26)18-4-6-19(28)7-5-18/h3-8,13-15H,2,9-12H2,1H3. The number of aromatic nitrogens is 3. The van der Waals surface area contributed by atoms with Crippen molar-refractivity contribution in [2.75, 3.05) is 5.75 Å². The molecule has 0 unspecified atom stereocenters. The summed E-state index contributed by atoms with van der Waals surface area (Å²) in [5.41, 5.74) is 2.24. The van der Waals surface area contributed by atoms with Crippen LogP contribution in [0.25, 0.3) is 11.5 Å². The lowest BCUT2D eigenvalue weighted by Crippen LogP contribution is -2.14. The minimum Gasteiger partial charge on any atom is -0.334 e. The molecule has 0 spiro atoms. The molecular formula is C27H22Cl3N3O4S. The summed E-state index contributed by atoms with van der Waals surface area (Å²) in [5.74, 6) is 0.779. The van der Waals surface area contributed by atoms with Crippen LogP contribution < -0.4 is 0 Å². The third-order valence-corrected chi connectivity index (χ3v) is 9.06. The number of rotatable bonds is 9. The van der Waals surface area contributed by atoms with E-state index < -0.39 is 15.3 Å². The molecule has 11 heteroatoms. The van der Waals surface area contributed by atoms with Crippen LogP contribution in [0, 0.1) is 0 Å². The maximum Gasteiger partial charge on any atom is 0.257 e. The van der Waals surface area contributed by atoms with Crippen LogP contribution >= 0.6 is 34.8 Å². The second-order valence-corrected chi connectivity index (χ2v) is 12.7. The zero-order valence-corrected chi connectivity index (χ0v) is 23.3. The lowest BCUT2D eigenvalue weighted by molar-refractivity contribution is -0.117. The van der Waals surface area contributed by atoms with Crippen molar-refractivity contribution in [3.05, 3.63) is 92.3 Å². The number of hydrogen-bond donors (Lipinski definition) is 0. The van der Waals surface area contributed by atoms with Gasteiger partial charge in [-0.25, -0.2) is 13.4 Å². The van der Waals surface area contributed by atoms with Gasteiger partial charge in [0.25, 0.3) is 5.89 Å². The summed E-state index contributed by atoms with van der Waals surface area (Å²) < 4.78 is 29.4. The fraction of sp³-hybridized carbons (Fsp3) is 0.259. The second-order valence-electron chi connectivity index (χ2n) is 9.25. The van der Waals surface area contributed by atoms with E-state index >= 15 is 0 Å². The van der Waals surface area contributed by atoms with E-state index in [4.69, 9.17) is 39.3 Å². The van der Waals surface area contributed by atoms with Crippen LogP contribution in [0.5, 0.6) is 0 Å².